The van der Waals surface area contributed by atoms with Gasteiger partial charge in [-0.25, -0.2) is 4.98 Å². The third-order valence-corrected chi connectivity index (χ3v) is 5.58. The molecule has 0 fully saturated rings. The Morgan fingerprint density at radius 3 is 2.73 bits per heavy atom. The molecule has 0 aliphatic heterocycles. The van der Waals surface area contributed by atoms with Crippen molar-refractivity contribution in [2.75, 3.05) is 0 Å². The lowest BCUT2D eigenvalue weighted by atomic mass is 10.2. The van der Waals surface area contributed by atoms with Gasteiger partial charge in [0.15, 0.2) is 5.75 Å². The van der Waals surface area contributed by atoms with Gasteiger partial charge in [0.2, 0.25) is 0 Å². The summed E-state index contributed by atoms with van der Waals surface area (Å²) in [7, 11) is 0. The zero-order valence-corrected chi connectivity index (χ0v) is 20.2. The highest BCUT2D eigenvalue weighted by molar-refractivity contribution is 9.10. The van der Waals surface area contributed by atoms with Crippen molar-refractivity contribution in [1.29, 1.82) is 0 Å². The average Bonchev–Trinajstić information content (AvgIpc) is 2.69. The Labute approximate surface area is 195 Å². The first-order valence-corrected chi connectivity index (χ1v) is 11.2. The Morgan fingerprint density at radius 1 is 1.30 bits per heavy atom. The van der Waals surface area contributed by atoms with Crippen LogP contribution >= 0.6 is 43.5 Å². The summed E-state index contributed by atoms with van der Waals surface area (Å²) >= 11 is 13.0. The molecule has 0 amide bonds. The fourth-order valence-corrected chi connectivity index (χ4v) is 4.13. The van der Waals surface area contributed by atoms with E-state index in [-0.39, 0.29) is 16.3 Å². The Balaban J connectivity index is 2.07. The lowest BCUT2D eigenvalue weighted by molar-refractivity contribution is -0.131. The Morgan fingerprint density at radius 2 is 2.07 bits per heavy atom. The van der Waals surface area contributed by atoms with Gasteiger partial charge in [-0.15, -0.1) is 0 Å². The van der Waals surface area contributed by atoms with E-state index in [1.54, 1.807) is 18.2 Å². The first-order valence-electron chi connectivity index (χ1n) is 9.23. The highest BCUT2D eigenvalue weighted by atomic mass is 79.9. The molecule has 0 radical (unpaired) electrons. The van der Waals surface area contributed by atoms with Crippen LogP contribution < -0.4 is 10.3 Å². The zero-order chi connectivity index (χ0) is 21.8. The van der Waals surface area contributed by atoms with E-state index in [0.717, 1.165) is 17.3 Å². The summed E-state index contributed by atoms with van der Waals surface area (Å²) < 4.78 is 7.73. The van der Waals surface area contributed by atoms with E-state index in [1.165, 1.54) is 17.8 Å². The molecule has 0 unspecified atom stereocenters. The molecule has 0 saturated carbocycles. The minimum absolute atomic E-state index is 0.236. The molecule has 1 aromatic heterocycles. The smallest absolute Gasteiger partial charge is 0.308 e. The topological polar surface area (TPSA) is 73.6 Å². The van der Waals surface area contributed by atoms with Crippen LogP contribution in [0.25, 0.3) is 10.9 Å². The fourth-order valence-electron chi connectivity index (χ4n) is 2.83. The number of fused-ring (bicyclic) bond motifs is 1. The van der Waals surface area contributed by atoms with Crippen LogP contribution in [0, 0.1) is 0 Å². The van der Waals surface area contributed by atoms with Gasteiger partial charge in [-0.1, -0.05) is 40.9 Å². The van der Waals surface area contributed by atoms with Crippen molar-refractivity contribution in [3.8, 4) is 5.75 Å². The molecule has 0 aliphatic rings. The van der Waals surface area contributed by atoms with Crippen molar-refractivity contribution >= 4 is 66.5 Å². The average molecular weight is 556 g/mol. The second-order valence-corrected chi connectivity index (χ2v) is 8.74. The number of rotatable bonds is 6. The SMILES string of the molecule is CCCCc1nc2ccc(Br)cc2c(=O)n1N=Cc1cc(Cl)c(OC(C)=O)c(Br)c1. The monoisotopic (exact) mass is 553 g/mol. The van der Waals surface area contributed by atoms with Gasteiger partial charge in [0.05, 0.1) is 26.6 Å². The van der Waals surface area contributed by atoms with E-state index in [9.17, 15) is 9.59 Å². The van der Waals surface area contributed by atoms with Gasteiger partial charge in [-0.2, -0.15) is 9.78 Å². The van der Waals surface area contributed by atoms with Crippen molar-refractivity contribution in [1.82, 2.24) is 9.66 Å². The molecule has 0 N–H and O–H groups in total. The minimum atomic E-state index is -0.473. The number of hydrogen-bond acceptors (Lipinski definition) is 5. The number of carbonyl (C=O) groups excluding carboxylic acids is 1. The van der Waals surface area contributed by atoms with Crippen LogP contribution in [0.1, 0.15) is 38.1 Å². The lowest BCUT2D eigenvalue weighted by Crippen LogP contribution is -2.22. The Hall–Kier alpha value is -2.03. The maximum Gasteiger partial charge on any atom is 0.308 e. The van der Waals surface area contributed by atoms with Gasteiger partial charge in [-0.05, 0) is 58.2 Å². The maximum atomic E-state index is 13.1. The second kappa shape index (κ2) is 9.85. The van der Waals surface area contributed by atoms with E-state index in [0.29, 0.717) is 33.2 Å². The van der Waals surface area contributed by atoms with Crippen molar-refractivity contribution in [3.63, 3.8) is 0 Å². The molecule has 6 nitrogen and oxygen atoms in total. The van der Waals surface area contributed by atoms with Crippen LogP contribution in [0.3, 0.4) is 0 Å². The number of unbranched alkanes of at least 4 members (excludes halogenated alkanes) is 1. The summed E-state index contributed by atoms with van der Waals surface area (Å²) in [6.07, 6.45) is 4.01. The quantitative estimate of drug-likeness (QED) is 0.221. The highest BCUT2D eigenvalue weighted by Crippen LogP contribution is 2.34. The van der Waals surface area contributed by atoms with Crippen LogP contribution in [0.5, 0.6) is 5.75 Å². The van der Waals surface area contributed by atoms with Crippen LogP contribution in [-0.4, -0.2) is 21.8 Å². The fraction of sp³-hybridized carbons (Fsp3) is 0.238. The predicted octanol–water partition coefficient (Wildman–Crippen LogP) is 5.73. The number of halogens is 3. The van der Waals surface area contributed by atoms with Gasteiger partial charge in [0, 0.05) is 17.8 Å². The summed E-state index contributed by atoms with van der Waals surface area (Å²) in [6.45, 7) is 3.38. The Kier molecular flexibility index (Phi) is 7.44. The normalized spacial score (nSPS) is 11.4. The highest BCUT2D eigenvalue weighted by Gasteiger charge is 2.13. The van der Waals surface area contributed by atoms with Gasteiger partial charge < -0.3 is 4.74 Å². The third kappa shape index (κ3) is 5.17. The number of benzene rings is 2. The van der Waals surface area contributed by atoms with Crippen molar-refractivity contribution in [2.24, 2.45) is 5.10 Å². The molecule has 0 spiro atoms. The van der Waals surface area contributed by atoms with E-state index >= 15 is 0 Å². The van der Waals surface area contributed by atoms with Crippen LogP contribution in [0.4, 0.5) is 0 Å². The molecule has 0 atom stereocenters. The third-order valence-electron chi connectivity index (χ3n) is 4.22. The van der Waals surface area contributed by atoms with Crippen LogP contribution in [-0.2, 0) is 11.2 Å². The molecule has 30 heavy (non-hydrogen) atoms. The molecule has 3 aromatic rings. The molecule has 0 saturated heterocycles. The standard InChI is InChI=1S/C21H18Br2ClN3O3/c1-3-4-5-19-26-18-7-6-14(22)10-15(18)21(29)27(19)25-11-13-8-16(23)20(17(24)9-13)30-12(2)28/h6-11H,3-5H2,1-2H3. The number of hydrogen-bond donors (Lipinski definition) is 0. The van der Waals surface area contributed by atoms with Crippen molar-refractivity contribution < 1.29 is 9.53 Å². The van der Waals surface area contributed by atoms with Gasteiger partial charge >= 0.3 is 5.97 Å². The van der Waals surface area contributed by atoms with Crippen molar-refractivity contribution in [2.45, 2.75) is 33.1 Å². The molecule has 156 valence electrons. The molecule has 3 rings (SSSR count). The number of ether oxygens (including phenoxy) is 1. The first kappa shape index (κ1) is 22.7. The van der Waals surface area contributed by atoms with E-state index < -0.39 is 5.97 Å². The predicted molar refractivity (Wildman–Crippen MR) is 126 cm³/mol. The van der Waals surface area contributed by atoms with Crippen molar-refractivity contribution in [3.05, 3.63) is 66.0 Å². The summed E-state index contributed by atoms with van der Waals surface area (Å²) in [4.78, 5) is 29.0. The maximum absolute atomic E-state index is 13.1. The number of nitrogens with zero attached hydrogens (tertiary/aromatic N) is 3. The van der Waals surface area contributed by atoms with Gasteiger partial charge in [0.25, 0.3) is 5.56 Å². The number of carbonyl (C=O) groups is 1. The summed E-state index contributed by atoms with van der Waals surface area (Å²) in [5, 5.41) is 5.12. The molecular weight excluding hydrogens is 538 g/mol. The van der Waals surface area contributed by atoms with Crippen LogP contribution in [0.15, 0.2) is 49.2 Å². The molecular formula is C21H18Br2ClN3O3. The number of esters is 1. The summed E-state index contributed by atoms with van der Waals surface area (Å²) in [5.74, 6) is 0.355. The lowest BCUT2D eigenvalue weighted by Gasteiger charge is -2.10. The largest absolute Gasteiger partial charge is 0.424 e. The summed E-state index contributed by atoms with van der Waals surface area (Å²) in [6, 6.07) is 8.72. The van der Waals surface area contributed by atoms with Gasteiger partial charge in [-0.3, -0.25) is 9.59 Å². The summed E-state index contributed by atoms with van der Waals surface area (Å²) in [5.41, 5.74) is 1.02. The van der Waals surface area contributed by atoms with E-state index in [4.69, 9.17) is 16.3 Å². The van der Waals surface area contributed by atoms with E-state index in [1.807, 2.05) is 12.1 Å². The van der Waals surface area contributed by atoms with E-state index in [2.05, 4.69) is 48.9 Å². The Bertz CT molecular complexity index is 1190. The number of aryl methyl sites for hydroxylation is 1. The zero-order valence-electron chi connectivity index (χ0n) is 16.3. The second-order valence-electron chi connectivity index (χ2n) is 6.56. The van der Waals surface area contributed by atoms with Crippen LogP contribution in [0.2, 0.25) is 5.02 Å². The number of aromatic nitrogens is 2. The molecule has 2 aromatic carbocycles. The first-order chi connectivity index (χ1) is 14.3. The molecule has 1 heterocycles. The molecule has 0 aliphatic carbocycles. The minimum Gasteiger partial charge on any atom is -0.424 e. The molecule has 9 heteroatoms. The van der Waals surface area contributed by atoms with Gasteiger partial charge in [0.1, 0.15) is 5.82 Å². The molecule has 0 bridgehead atoms.